The quantitative estimate of drug-likeness (QED) is 0.710. The van der Waals surface area contributed by atoms with E-state index in [0.717, 1.165) is 25.1 Å². The van der Waals surface area contributed by atoms with Gasteiger partial charge in [0.15, 0.2) is 0 Å². The van der Waals surface area contributed by atoms with Crippen molar-refractivity contribution in [2.24, 2.45) is 0 Å². The van der Waals surface area contributed by atoms with E-state index in [1.807, 2.05) is 0 Å². The maximum absolute atomic E-state index is 5.84. The fourth-order valence-electron chi connectivity index (χ4n) is 2.04. The minimum absolute atomic E-state index is 0.245. The number of methoxy groups -OCH3 is 1. The van der Waals surface area contributed by atoms with Gasteiger partial charge in [0.1, 0.15) is 12.4 Å². The van der Waals surface area contributed by atoms with Gasteiger partial charge in [-0.2, -0.15) is 0 Å². The summed E-state index contributed by atoms with van der Waals surface area (Å²) in [5.74, 6) is 1.54. The minimum Gasteiger partial charge on any atom is -0.492 e. The van der Waals surface area contributed by atoms with Crippen molar-refractivity contribution in [2.75, 3.05) is 26.9 Å². The Balaban J connectivity index is 2.46. The summed E-state index contributed by atoms with van der Waals surface area (Å²) >= 11 is 0. The lowest BCUT2D eigenvalue weighted by Gasteiger charge is -2.18. The minimum atomic E-state index is 0.245. The highest BCUT2D eigenvalue weighted by Gasteiger charge is 2.08. The van der Waals surface area contributed by atoms with E-state index in [2.05, 4.69) is 50.4 Å². The first-order valence-electron chi connectivity index (χ1n) is 7.66. The monoisotopic (exact) mass is 279 g/mol. The van der Waals surface area contributed by atoms with Gasteiger partial charge in [0, 0.05) is 7.11 Å². The molecular formula is C17H29NO2. The lowest BCUT2D eigenvalue weighted by Crippen LogP contribution is -2.38. The van der Waals surface area contributed by atoms with Crippen LogP contribution in [0.4, 0.5) is 0 Å². The normalized spacial score (nSPS) is 14.0. The first-order chi connectivity index (χ1) is 9.71. The van der Waals surface area contributed by atoms with Crippen LogP contribution < -0.4 is 10.1 Å². The molecule has 0 aliphatic rings. The zero-order chi connectivity index (χ0) is 14.8. The lowest BCUT2D eigenvalue weighted by molar-refractivity contribution is 0.136. The number of hydrogen-bond donors (Lipinski definition) is 1. The molecule has 0 radical (unpaired) electrons. The molecule has 0 amide bonds. The van der Waals surface area contributed by atoms with Crippen molar-refractivity contribution in [2.45, 2.75) is 45.6 Å². The molecule has 1 rings (SSSR count). The van der Waals surface area contributed by atoms with Gasteiger partial charge < -0.3 is 14.8 Å². The topological polar surface area (TPSA) is 30.5 Å². The van der Waals surface area contributed by atoms with Crippen molar-refractivity contribution >= 4 is 0 Å². The molecule has 0 aromatic heterocycles. The number of hydrogen-bond acceptors (Lipinski definition) is 3. The summed E-state index contributed by atoms with van der Waals surface area (Å²) in [5.41, 5.74) is 1.37. The average Bonchev–Trinajstić information content (AvgIpc) is 2.49. The average molecular weight is 279 g/mol. The van der Waals surface area contributed by atoms with Crippen molar-refractivity contribution in [1.29, 1.82) is 0 Å². The molecule has 0 fully saturated rings. The van der Waals surface area contributed by atoms with E-state index in [1.165, 1.54) is 5.56 Å². The van der Waals surface area contributed by atoms with Crippen molar-refractivity contribution < 1.29 is 9.47 Å². The van der Waals surface area contributed by atoms with Gasteiger partial charge in [0.2, 0.25) is 0 Å². The Morgan fingerprint density at radius 1 is 1.10 bits per heavy atom. The van der Waals surface area contributed by atoms with Crippen LogP contribution in [0.3, 0.4) is 0 Å². The van der Waals surface area contributed by atoms with Crippen LogP contribution in [0.1, 0.15) is 45.1 Å². The molecule has 1 aromatic carbocycles. The van der Waals surface area contributed by atoms with Crippen LogP contribution in [0.15, 0.2) is 24.3 Å². The van der Waals surface area contributed by atoms with Crippen molar-refractivity contribution in [1.82, 2.24) is 5.32 Å². The van der Waals surface area contributed by atoms with Gasteiger partial charge in [-0.3, -0.25) is 0 Å². The Kier molecular flexibility index (Phi) is 8.31. The maximum Gasteiger partial charge on any atom is 0.119 e. The fourth-order valence-corrected chi connectivity index (χ4v) is 2.04. The summed E-state index contributed by atoms with van der Waals surface area (Å²) in [5, 5.41) is 3.43. The van der Waals surface area contributed by atoms with E-state index in [4.69, 9.17) is 9.47 Å². The van der Waals surface area contributed by atoms with E-state index >= 15 is 0 Å². The first kappa shape index (κ1) is 17.0. The highest BCUT2D eigenvalue weighted by Crippen LogP contribution is 2.21. The summed E-state index contributed by atoms with van der Waals surface area (Å²) in [6, 6.07) is 8.69. The second-order valence-corrected chi connectivity index (χ2v) is 5.30. The fraction of sp³-hybridized carbons (Fsp3) is 0.647. The Labute approximate surface area is 123 Å². The highest BCUT2D eigenvalue weighted by molar-refractivity contribution is 5.29. The van der Waals surface area contributed by atoms with E-state index in [9.17, 15) is 0 Å². The van der Waals surface area contributed by atoms with Crippen LogP contribution in [0.25, 0.3) is 0 Å². The molecule has 114 valence electrons. The van der Waals surface area contributed by atoms with Gasteiger partial charge >= 0.3 is 0 Å². The van der Waals surface area contributed by atoms with Gasteiger partial charge in [-0.1, -0.05) is 32.9 Å². The van der Waals surface area contributed by atoms with Gasteiger partial charge in [0.25, 0.3) is 0 Å². The molecule has 0 spiro atoms. The summed E-state index contributed by atoms with van der Waals surface area (Å²) in [6.07, 6.45) is 2.28. The van der Waals surface area contributed by atoms with E-state index in [0.29, 0.717) is 19.1 Å². The lowest BCUT2D eigenvalue weighted by atomic mass is 9.99. The van der Waals surface area contributed by atoms with Crippen LogP contribution >= 0.6 is 0 Å². The molecule has 0 bridgehead atoms. The van der Waals surface area contributed by atoms with Crippen LogP contribution in [0.5, 0.6) is 5.75 Å². The second-order valence-electron chi connectivity index (χ2n) is 5.30. The summed E-state index contributed by atoms with van der Waals surface area (Å²) in [4.78, 5) is 0. The molecule has 0 saturated heterocycles. The molecule has 3 nitrogen and oxygen atoms in total. The predicted octanol–water partition coefficient (Wildman–Crippen LogP) is 3.59. The van der Waals surface area contributed by atoms with Crippen LogP contribution in [0, 0.1) is 0 Å². The Morgan fingerprint density at radius 3 is 2.35 bits per heavy atom. The summed E-state index contributed by atoms with van der Waals surface area (Å²) in [7, 11) is 1.72. The molecule has 2 unspecified atom stereocenters. The van der Waals surface area contributed by atoms with Crippen LogP contribution in [-0.4, -0.2) is 32.9 Å². The van der Waals surface area contributed by atoms with E-state index in [-0.39, 0.29) is 6.04 Å². The third-order valence-corrected chi connectivity index (χ3v) is 3.56. The number of rotatable bonds is 10. The third-order valence-electron chi connectivity index (χ3n) is 3.56. The number of nitrogens with one attached hydrogen (secondary N) is 1. The molecular weight excluding hydrogens is 250 g/mol. The molecule has 20 heavy (non-hydrogen) atoms. The second kappa shape index (κ2) is 9.78. The first-order valence-corrected chi connectivity index (χ1v) is 7.66. The summed E-state index contributed by atoms with van der Waals surface area (Å²) in [6.45, 7) is 8.92. The van der Waals surface area contributed by atoms with Crippen LogP contribution in [0.2, 0.25) is 0 Å². The Morgan fingerprint density at radius 2 is 1.80 bits per heavy atom. The van der Waals surface area contributed by atoms with Gasteiger partial charge in [0.05, 0.1) is 12.6 Å². The van der Waals surface area contributed by atoms with E-state index < -0.39 is 0 Å². The largest absolute Gasteiger partial charge is 0.492 e. The molecule has 0 aliphatic carbocycles. The van der Waals surface area contributed by atoms with Crippen LogP contribution in [-0.2, 0) is 4.74 Å². The Hall–Kier alpha value is -1.06. The summed E-state index contributed by atoms with van der Waals surface area (Å²) < 4.78 is 11.1. The van der Waals surface area contributed by atoms with Gasteiger partial charge in [-0.25, -0.2) is 0 Å². The SMILES string of the molecule is CCCNC(COC)COc1ccc(C(C)CC)cc1. The van der Waals surface area contributed by atoms with Gasteiger partial charge in [-0.15, -0.1) is 0 Å². The molecule has 0 heterocycles. The van der Waals surface area contributed by atoms with Crippen molar-refractivity contribution in [3.05, 3.63) is 29.8 Å². The standard InChI is InChI=1S/C17H29NO2/c1-5-11-18-16(12-19-4)13-20-17-9-7-15(8-10-17)14(3)6-2/h7-10,14,16,18H,5-6,11-13H2,1-4H3. The molecule has 1 aromatic rings. The van der Waals surface area contributed by atoms with E-state index in [1.54, 1.807) is 7.11 Å². The van der Waals surface area contributed by atoms with Gasteiger partial charge in [-0.05, 0) is 43.0 Å². The number of benzene rings is 1. The zero-order valence-corrected chi connectivity index (χ0v) is 13.3. The van der Waals surface area contributed by atoms with Crippen molar-refractivity contribution in [3.63, 3.8) is 0 Å². The predicted molar refractivity (Wildman–Crippen MR) is 84.6 cm³/mol. The smallest absolute Gasteiger partial charge is 0.119 e. The molecule has 0 saturated carbocycles. The maximum atomic E-state index is 5.84. The molecule has 0 aliphatic heterocycles. The molecule has 3 heteroatoms. The molecule has 1 N–H and O–H groups in total. The Bertz CT molecular complexity index is 351. The zero-order valence-electron chi connectivity index (χ0n) is 13.3. The van der Waals surface area contributed by atoms with Crippen molar-refractivity contribution in [3.8, 4) is 5.75 Å². The highest BCUT2D eigenvalue weighted by atomic mass is 16.5. The number of ether oxygens (including phenoxy) is 2. The molecule has 2 atom stereocenters. The third kappa shape index (κ3) is 5.93.